The third-order valence-electron chi connectivity index (χ3n) is 4.08. The number of nitriles is 1. The first-order valence-corrected chi connectivity index (χ1v) is 6.12. The topological polar surface area (TPSA) is 71.2 Å². The molecule has 2 saturated heterocycles. The van der Waals surface area contributed by atoms with Crippen molar-refractivity contribution in [2.45, 2.75) is 24.6 Å². The van der Waals surface area contributed by atoms with Gasteiger partial charge in [-0.15, -0.1) is 0 Å². The van der Waals surface area contributed by atoms with Crippen LogP contribution in [0.4, 0.5) is 5.82 Å². The van der Waals surface area contributed by atoms with E-state index in [1.54, 1.807) is 4.57 Å². The number of halogens is 1. The lowest BCUT2D eigenvalue weighted by molar-refractivity contribution is 0.0856. The van der Waals surface area contributed by atoms with E-state index >= 15 is 0 Å². The van der Waals surface area contributed by atoms with Crippen molar-refractivity contribution in [3.8, 4) is 6.07 Å². The molecule has 0 amide bonds. The fourth-order valence-electron chi connectivity index (χ4n) is 3.36. The molecule has 2 atom stereocenters. The maximum Gasteiger partial charge on any atom is 0.350 e. The van der Waals surface area contributed by atoms with Gasteiger partial charge in [0.05, 0.1) is 24.8 Å². The molecule has 4 heterocycles. The van der Waals surface area contributed by atoms with Crippen LogP contribution in [-0.2, 0) is 11.3 Å². The molecule has 3 aliphatic rings. The fraction of sp³-hybridized carbons (Fsp3) is 0.545. The molecule has 2 fully saturated rings. The lowest BCUT2D eigenvalue weighted by atomic mass is 10.0. The molecule has 0 saturated carbocycles. The molecule has 0 aliphatic carbocycles. The lowest BCUT2D eigenvalue weighted by Crippen LogP contribution is -2.46. The maximum absolute atomic E-state index is 11.9. The molecule has 0 unspecified atom stereocenters. The van der Waals surface area contributed by atoms with Crippen molar-refractivity contribution in [3.63, 3.8) is 0 Å². The molecular formula is C11H9ClN4O2. The highest BCUT2D eigenvalue weighted by molar-refractivity contribution is 6.30. The molecule has 1 spiro atoms. The van der Waals surface area contributed by atoms with Crippen molar-refractivity contribution in [2.24, 2.45) is 0 Å². The van der Waals surface area contributed by atoms with Crippen molar-refractivity contribution < 1.29 is 4.74 Å². The zero-order valence-electron chi connectivity index (χ0n) is 9.39. The van der Waals surface area contributed by atoms with Gasteiger partial charge in [-0.3, -0.25) is 4.57 Å². The Bertz CT molecular complexity index is 664. The number of nitrogens with zero attached hydrogens (tertiary/aromatic N) is 4. The van der Waals surface area contributed by atoms with Gasteiger partial charge >= 0.3 is 5.69 Å². The quantitative estimate of drug-likeness (QED) is 0.623. The number of hydrogen-bond acceptors (Lipinski definition) is 5. The van der Waals surface area contributed by atoms with Crippen LogP contribution in [0.15, 0.2) is 4.79 Å². The Balaban J connectivity index is 2.01. The maximum atomic E-state index is 11.9. The van der Waals surface area contributed by atoms with E-state index < -0.39 is 0 Å². The second-order valence-electron chi connectivity index (χ2n) is 5.05. The van der Waals surface area contributed by atoms with Gasteiger partial charge in [0.25, 0.3) is 0 Å². The van der Waals surface area contributed by atoms with Crippen LogP contribution >= 0.6 is 11.6 Å². The monoisotopic (exact) mass is 264 g/mol. The molecule has 0 N–H and O–H groups in total. The van der Waals surface area contributed by atoms with Gasteiger partial charge in [0.1, 0.15) is 17.5 Å². The molecule has 0 radical (unpaired) electrons. The van der Waals surface area contributed by atoms with E-state index in [4.69, 9.17) is 16.3 Å². The first kappa shape index (κ1) is 10.4. The predicted octanol–water partition coefficient (Wildman–Crippen LogP) is 0.130. The number of fused-ring (bicyclic) bond motifs is 3. The summed E-state index contributed by atoms with van der Waals surface area (Å²) in [4.78, 5) is 17.7. The van der Waals surface area contributed by atoms with E-state index in [-0.39, 0.29) is 22.5 Å². The minimum Gasteiger partial charge on any atom is -0.374 e. The number of aromatic nitrogens is 2. The van der Waals surface area contributed by atoms with Crippen molar-refractivity contribution in [3.05, 3.63) is 21.2 Å². The highest BCUT2D eigenvalue weighted by Gasteiger charge is 2.57. The van der Waals surface area contributed by atoms with Gasteiger partial charge in [-0.05, 0) is 0 Å². The van der Waals surface area contributed by atoms with Crippen LogP contribution in [0.5, 0.6) is 0 Å². The Labute approximate surface area is 107 Å². The summed E-state index contributed by atoms with van der Waals surface area (Å²) in [6.07, 6.45) is 1.10. The summed E-state index contributed by atoms with van der Waals surface area (Å²) in [5.74, 6) is 0.619. The Hall–Kier alpha value is -1.58. The summed E-state index contributed by atoms with van der Waals surface area (Å²) in [5.41, 5.74) is -0.267. The van der Waals surface area contributed by atoms with Crippen molar-refractivity contribution >= 4 is 17.4 Å². The Morgan fingerprint density at radius 2 is 2.44 bits per heavy atom. The summed E-state index contributed by atoms with van der Waals surface area (Å²) in [6, 6.07) is 2.05. The molecule has 4 rings (SSSR count). The largest absolute Gasteiger partial charge is 0.374 e. The van der Waals surface area contributed by atoms with E-state index in [1.807, 2.05) is 0 Å². The Morgan fingerprint density at radius 1 is 1.61 bits per heavy atom. The van der Waals surface area contributed by atoms with Crippen molar-refractivity contribution in [1.82, 2.24) is 9.55 Å². The van der Waals surface area contributed by atoms with Crippen LogP contribution in [0.2, 0.25) is 5.15 Å². The molecule has 18 heavy (non-hydrogen) atoms. The molecule has 7 heteroatoms. The molecule has 92 valence electrons. The molecule has 3 aliphatic heterocycles. The summed E-state index contributed by atoms with van der Waals surface area (Å²) in [7, 11) is 0. The lowest BCUT2D eigenvalue weighted by Gasteiger charge is -2.32. The average Bonchev–Trinajstić information content (AvgIpc) is 2.97. The summed E-state index contributed by atoms with van der Waals surface area (Å²) >= 11 is 5.90. The molecule has 2 bridgehead atoms. The highest BCUT2D eigenvalue weighted by atomic mass is 35.5. The normalized spacial score (nSPS) is 31.3. The summed E-state index contributed by atoms with van der Waals surface area (Å²) < 4.78 is 7.19. The molecular weight excluding hydrogens is 256 g/mol. The third-order valence-corrected chi connectivity index (χ3v) is 4.36. The van der Waals surface area contributed by atoms with E-state index in [0.29, 0.717) is 31.1 Å². The van der Waals surface area contributed by atoms with Gasteiger partial charge in [0, 0.05) is 13.0 Å². The number of ether oxygens (including phenoxy) is 1. The van der Waals surface area contributed by atoms with Gasteiger partial charge in [0.2, 0.25) is 0 Å². The van der Waals surface area contributed by atoms with E-state index in [0.717, 1.165) is 6.42 Å². The first-order valence-electron chi connectivity index (χ1n) is 5.74. The number of morpholine rings is 1. The van der Waals surface area contributed by atoms with E-state index in [9.17, 15) is 10.1 Å². The van der Waals surface area contributed by atoms with Gasteiger partial charge in [-0.2, -0.15) is 10.2 Å². The van der Waals surface area contributed by atoms with Crippen LogP contribution < -0.4 is 10.6 Å². The van der Waals surface area contributed by atoms with Crippen LogP contribution in [-0.4, -0.2) is 34.3 Å². The predicted molar refractivity (Wildman–Crippen MR) is 62.7 cm³/mol. The van der Waals surface area contributed by atoms with E-state index in [2.05, 4.69) is 16.0 Å². The SMILES string of the molecule is N#Cc1c(Cl)nc(=O)n2c1N1C[C@@H]3C[C@]1(CO3)C2. The minimum atomic E-state index is -0.388. The molecule has 1 aromatic heterocycles. The van der Waals surface area contributed by atoms with Gasteiger partial charge in [-0.25, -0.2) is 4.79 Å². The molecule has 0 aromatic carbocycles. The van der Waals surface area contributed by atoms with Gasteiger partial charge in [-0.1, -0.05) is 11.6 Å². The van der Waals surface area contributed by atoms with Gasteiger partial charge in [0.15, 0.2) is 5.15 Å². The average molecular weight is 265 g/mol. The first-order chi connectivity index (χ1) is 8.64. The van der Waals surface area contributed by atoms with Crippen LogP contribution in [0.3, 0.4) is 0 Å². The third kappa shape index (κ3) is 1.02. The molecule has 1 aromatic rings. The highest BCUT2D eigenvalue weighted by Crippen LogP contribution is 2.47. The second-order valence-corrected chi connectivity index (χ2v) is 5.41. The van der Waals surface area contributed by atoms with Crippen molar-refractivity contribution in [2.75, 3.05) is 18.1 Å². The Kier molecular flexibility index (Phi) is 1.75. The second kappa shape index (κ2) is 3.05. The minimum absolute atomic E-state index is 0.00510. The number of anilines is 1. The Morgan fingerprint density at radius 3 is 3.17 bits per heavy atom. The number of rotatable bonds is 0. The standard InChI is InChI=1S/C11H9ClN4O2/c12-8-7(2-13)9-15(10(17)14-8)4-11-1-6(18-5-11)3-16(9)11/h6H,1,3-5H2/t6-,11+/m0/s1. The van der Waals surface area contributed by atoms with E-state index in [1.165, 1.54) is 0 Å². The molecule has 6 nitrogen and oxygen atoms in total. The van der Waals surface area contributed by atoms with Crippen LogP contribution in [0.1, 0.15) is 12.0 Å². The smallest absolute Gasteiger partial charge is 0.350 e. The summed E-state index contributed by atoms with van der Waals surface area (Å²) in [5, 5.41) is 9.21. The fourth-order valence-corrected chi connectivity index (χ4v) is 3.55. The zero-order chi connectivity index (χ0) is 12.5. The van der Waals surface area contributed by atoms with Crippen molar-refractivity contribution in [1.29, 1.82) is 5.26 Å². The van der Waals surface area contributed by atoms with Crippen LogP contribution in [0, 0.1) is 11.3 Å². The zero-order valence-corrected chi connectivity index (χ0v) is 10.1. The number of hydrogen-bond donors (Lipinski definition) is 0. The van der Waals surface area contributed by atoms with Gasteiger partial charge < -0.3 is 9.64 Å². The summed E-state index contributed by atoms with van der Waals surface area (Å²) in [6.45, 7) is 1.85. The van der Waals surface area contributed by atoms with Crippen LogP contribution in [0.25, 0.3) is 0 Å².